The summed E-state index contributed by atoms with van der Waals surface area (Å²) in [6.07, 6.45) is 3.86. The van der Waals surface area contributed by atoms with E-state index in [1.807, 2.05) is 12.1 Å². The van der Waals surface area contributed by atoms with Crippen molar-refractivity contribution >= 4 is 28.6 Å². The molecule has 0 aliphatic heterocycles. The van der Waals surface area contributed by atoms with Crippen LogP contribution in [0.25, 0.3) is 11.0 Å². The fourth-order valence-electron chi connectivity index (χ4n) is 5.82. The zero-order valence-electron chi connectivity index (χ0n) is 21.9. The molecule has 35 heavy (non-hydrogen) atoms. The number of aromatic nitrogens is 2. The number of fused-ring (bicyclic) bond motifs is 1. The number of aliphatic carboxylic acids is 1. The number of carboxylic acid groups (broad SMARTS) is 1. The Morgan fingerprint density at radius 1 is 1.23 bits per heavy atom. The van der Waals surface area contributed by atoms with Crippen LogP contribution in [-0.4, -0.2) is 27.7 Å². The number of aryl methyl sites for hydroxylation is 1. The molecule has 0 bridgehead atoms. The van der Waals surface area contributed by atoms with Gasteiger partial charge in [0.05, 0.1) is 18.1 Å². The van der Waals surface area contributed by atoms with Gasteiger partial charge in [0.1, 0.15) is 5.75 Å². The molecule has 1 aliphatic carbocycles. The Balaban J connectivity index is 1.81. The van der Waals surface area contributed by atoms with Crippen LogP contribution in [0.3, 0.4) is 0 Å². The number of methoxy groups -OCH3 is 1. The highest BCUT2D eigenvalue weighted by Gasteiger charge is 2.35. The van der Waals surface area contributed by atoms with Crippen molar-refractivity contribution < 1.29 is 14.6 Å². The smallest absolute Gasteiger partial charge is 0.303 e. The third kappa shape index (κ3) is 5.63. The number of nitrogens with zero attached hydrogens (tertiary/aromatic N) is 2. The molecule has 6 nitrogen and oxygen atoms in total. The number of imidazole rings is 1. The van der Waals surface area contributed by atoms with Gasteiger partial charge in [-0.05, 0) is 72.3 Å². The lowest BCUT2D eigenvalue weighted by Gasteiger charge is -2.40. The van der Waals surface area contributed by atoms with Crippen LogP contribution in [0.1, 0.15) is 83.4 Å². The van der Waals surface area contributed by atoms with Crippen LogP contribution < -0.4 is 10.1 Å². The van der Waals surface area contributed by atoms with Gasteiger partial charge in [-0.2, -0.15) is 0 Å². The molecule has 1 fully saturated rings. The highest BCUT2D eigenvalue weighted by Crippen LogP contribution is 2.46. The van der Waals surface area contributed by atoms with Crippen LogP contribution >= 0.6 is 0 Å². The zero-order chi connectivity index (χ0) is 25.3. The van der Waals surface area contributed by atoms with E-state index < -0.39 is 5.97 Å². The van der Waals surface area contributed by atoms with E-state index in [2.05, 4.69) is 68.8 Å². The van der Waals surface area contributed by atoms with E-state index >= 15 is 0 Å². The molecule has 188 valence electrons. The van der Waals surface area contributed by atoms with Crippen molar-refractivity contribution in [3.63, 3.8) is 0 Å². The van der Waals surface area contributed by atoms with Gasteiger partial charge >= 0.3 is 5.97 Å². The molecule has 6 heteroatoms. The number of nitrogens with one attached hydrogen (secondary N) is 1. The first-order valence-electron chi connectivity index (χ1n) is 12.7. The van der Waals surface area contributed by atoms with E-state index in [-0.39, 0.29) is 11.8 Å². The van der Waals surface area contributed by atoms with Gasteiger partial charge in [-0.25, -0.2) is 4.98 Å². The second-order valence-corrected chi connectivity index (χ2v) is 11.3. The Morgan fingerprint density at radius 3 is 2.54 bits per heavy atom. The summed E-state index contributed by atoms with van der Waals surface area (Å²) < 4.78 is 8.05. The molecule has 0 spiro atoms. The molecular formula is C29H39N3O3. The molecule has 0 radical (unpaired) electrons. The zero-order valence-corrected chi connectivity index (χ0v) is 21.9. The molecule has 0 amide bonds. The van der Waals surface area contributed by atoms with Crippen molar-refractivity contribution in [1.82, 2.24) is 9.55 Å². The summed E-state index contributed by atoms with van der Waals surface area (Å²) in [6, 6.07) is 12.9. The number of carbonyl (C=O) groups is 1. The van der Waals surface area contributed by atoms with E-state index in [1.165, 1.54) is 12.0 Å². The van der Waals surface area contributed by atoms with Gasteiger partial charge in [0.25, 0.3) is 0 Å². The maximum absolute atomic E-state index is 11.2. The summed E-state index contributed by atoms with van der Waals surface area (Å²) in [4.78, 5) is 16.2. The van der Waals surface area contributed by atoms with Gasteiger partial charge in [-0.1, -0.05) is 46.8 Å². The third-order valence-electron chi connectivity index (χ3n) is 7.26. The topological polar surface area (TPSA) is 76.4 Å². The van der Waals surface area contributed by atoms with Crippen molar-refractivity contribution in [3.05, 3.63) is 47.5 Å². The summed E-state index contributed by atoms with van der Waals surface area (Å²) in [5.74, 6) is 1.83. The van der Waals surface area contributed by atoms with Crippen LogP contribution in [0, 0.1) is 11.3 Å². The molecule has 4 rings (SSSR count). The van der Waals surface area contributed by atoms with Gasteiger partial charge in [0, 0.05) is 24.2 Å². The van der Waals surface area contributed by atoms with Gasteiger partial charge in [-0.15, -0.1) is 0 Å². The Labute approximate surface area is 208 Å². The van der Waals surface area contributed by atoms with E-state index in [1.54, 1.807) is 7.11 Å². The Hall–Kier alpha value is -3.02. The first-order chi connectivity index (χ1) is 16.6. The summed E-state index contributed by atoms with van der Waals surface area (Å²) in [6.45, 7) is 11.5. The second-order valence-electron chi connectivity index (χ2n) is 11.3. The standard InChI is InChI=1S/C29H39N3O3/c1-18(2)20-7-10-22(11-8-20)30-28-31-24-14-21(9-12-27(33)34)26(35-6)15-25(24)32(28)23-13-19(3)16-29(4,5)17-23/h7-8,10-11,14-15,18-19,23H,9,12-13,16-17H2,1-6H3,(H,30,31)(H,33,34)/t19-,23+/m1/s1. The Kier molecular flexibility index (Phi) is 7.11. The molecule has 3 aromatic rings. The SMILES string of the molecule is COc1cc2c(cc1CCC(=O)O)nc(Nc1ccc(C(C)C)cc1)n2[C@H]1C[C@@H](C)CC(C)(C)C1. The van der Waals surface area contributed by atoms with Crippen LogP contribution in [0.15, 0.2) is 36.4 Å². The lowest BCUT2D eigenvalue weighted by molar-refractivity contribution is -0.136. The fraction of sp³-hybridized carbons (Fsp3) is 0.517. The van der Waals surface area contributed by atoms with E-state index in [4.69, 9.17) is 9.72 Å². The number of rotatable bonds is 8. The molecule has 2 aromatic carbocycles. The first-order valence-corrected chi connectivity index (χ1v) is 12.7. The second kappa shape index (κ2) is 9.92. The van der Waals surface area contributed by atoms with E-state index in [0.29, 0.717) is 24.3 Å². The number of carboxylic acids is 1. The predicted octanol–water partition coefficient (Wildman–Crippen LogP) is 7.32. The molecule has 2 N–H and O–H groups in total. The quantitative estimate of drug-likeness (QED) is 0.355. The maximum Gasteiger partial charge on any atom is 0.303 e. The summed E-state index contributed by atoms with van der Waals surface area (Å²) >= 11 is 0. The minimum Gasteiger partial charge on any atom is -0.496 e. The number of anilines is 2. The van der Waals surface area contributed by atoms with Gasteiger partial charge in [-0.3, -0.25) is 4.79 Å². The number of hydrogen-bond acceptors (Lipinski definition) is 4. The molecule has 1 aromatic heterocycles. The molecule has 1 heterocycles. The average Bonchev–Trinajstić information content (AvgIpc) is 3.12. The lowest BCUT2D eigenvalue weighted by Crippen LogP contribution is -2.29. The third-order valence-corrected chi connectivity index (χ3v) is 7.26. The fourth-order valence-corrected chi connectivity index (χ4v) is 5.82. The Bertz CT molecular complexity index is 1190. The molecule has 2 atom stereocenters. The van der Waals surface area contributed by atoms with E-state index in [9.17, 15) is 9.90 Å². The van der Waals surface area contributed by atoms with Gasteiger partial charge < -0.3 is 19.7 Å². The van der Waals surface area contributed by atoms with Crippen molar-refractivity contribution in [2.24, 2.45) is 11.3 Å². The van der Waals surface area contributed by atoms with Crippen LogP contribution in [0.5, 0.6) is 5.75 Å². The van der Waals surface area contributed by atoms with Crippen LogP contribution in [-0.2, 0) is 11.2 Å². The number of ether oxygens (including phenoxy) is 1. The van der Waals surface area contributed by atoms with E-state index in [0.717, 1.165) is 46.8 Å². The van der Waals surface area contributed by atoms with Crippen molar-refractivity contribution in [2.75, 3.05) is 12.4 Å². The van der Waals surface area contributed by atoms with Crippen LogP contribution in [0.2, 0.25) is 0 Å². The highest BCUT2D eigenvalue weighted by atomic mass is 16.5. The van der Waals surface area contributed by atoms with Gasteiger partial charge in [0.2, 0.25) is 5.95 Å². The highest BCUT2D eigenvalue weighted by molar-refractivity contribution is 5.83. The molecule has 1 aliphatic rings. The Morgan fingerprint density at radius 2 is 1.94 bits per heavy atom. The summed E-state index contributed by atoms with van der Waals surface area (Å²) in [7, 11) is 1.65. The minimum atomic E-state index is -0.816. The largest absolute Gasteiger partial charge is 0.496 e. The predicted molar refractivity (Wildman–Crippen MR) is 142 cm³/mol. The van der Waals surface area contributed by atoms with Crippen LogP contribution in [0.4, 0.5) is 11.6 Å². The van der Waals surface area contributed by atoms with Crippen molar-refractivity contribution in [1.29, 1.82) is 0 Å². The normalized spacial score (nSPS) is 19.7. The number of benzene rings is 2. The van der Waals surface area contributed by atoms with Gasteiger partial charge in [0.15, 0.2) is 0 Å². The lowest BCUT2D eigenvalue weighted by atomic mass is 9.70. The molecule has 1 saturated carbocycles. The summed E-state index contributed by atoms with van der Waals surface area (Å²) in [5, 5.41) is 12.8. The minimum absolute atomic E-state index is 0.0597. The molecule has 0 unspecified atom stereocenters. The monoisotopic (exact) mass is 477 g/mol. The van der Waals surface area contributed by atoms with Crippen molar-refractivity contribution in [3.8, 4) is 5.75 Å². The maximum atomic E-state index is 11.2. The first kappa shape index (κ1) is 25.1. The molecular weight excluding hydrogens is 438 g/mol. The number of hydrogen-bond donors (Lipinski definition) is 2. The van der Waals surface area contributed by atoms with Crippen molar-refractivity contribution in [2.45, 2.75) is 78.7 Å². The average molecular weight is 478 g/mol. The summed E-state index contributed by atoms with van der Waals surface area (Å²) in [5.41, 5.74) is 5.32. The molecule has 0 saturated heterocycles.